The number of carbonyl (C=O) groups is 1. The van der Waals surface area contributed by atoms with Crippen LogP contribution in [0.1, 0.15) is 38.4 Å². The number of rotatable bonds is 1. The number of aliphatic hydroxyl groups excluding tert-OH is 1. The van der Waals surface area contributed by atoms with Gasteiger partial charge in [-0.25, -0.2) is 4.79 Å². The molecule has 19 heavy (non-hydrogen) atoms. The third-order valence-electron chi connectivity index (χ3n) is 3.00. The van der Waals surface area contributed by atoms with E-state index in [0.29, 0.717) is 13.1 Å². The molecule has 1 amide bonds. The number of carbonyl (C=O) groups excluding carboxylic acids is 1. The molecule has 6 heteroatoms. The summed E-state index contributed by atoms with van der Waals surface area (Å²) in [6.45, 7) is 7.34. The van der Waals surface area contributed by atoms with Gasteiger partial charge >= 0.3 is 6.09 Å². The summed E-state index contributed by atoms with van der Waals surface area (Å²) in [6.07, 6.45) is 2.18. The minimum atomic E-state index is -0.497. The number of aliphatic hydroxyl groups is 1. The predicted octanol–water partition coefficient (Wildman–Crippen LogP) is 1.52. The minimum Gasteiger partial charge on any atom is -0.444 e. The van der Waals surface area contributed by atoms with E-state index in [0.717, 1.165) is 24.2 Å². The monoisotopic (exact) mass is 267 g/mol. The lowest BCUT2D eigenvalue weighted by Crippen LogP contribution is -2.36. The van der Waals surface area contributed by atoms with Crippen LogP contribution in [0.25, 0.3) is 0 Å². The lowest BCUT2D eigenvalue weighted by molar-refractivity contribution is 0.0235. The molecule has 0 fully saturated rings. The zero-order valence-corrected chi connectivity index (χ0v) is 11.7. The Morgan fingerprint density at radius 3 is 2.84 bits per heavy atom. The SMILES string of the molecule is CC(C)(C)OC(=O)N1CCCn2ncc(CO)c2C1. The summed E-state index contributed by atoms with van der Waals surface area (Å²) in [6, 6.07) is 0. The summed E-state index contributed by atoms with van der Waals surface area (Å²) in [7, 11) is 0. The normalized spacial score (nSPS) is 15.9. The fourth-order valence-corrected chi connectivity index (χ4v) is 2.11. The zero-order valence-electron chi connectivity index (χ0n) is 11.7. The first-order chi connectivity index (χ1) is 8.90. The summed E-state index contributed by atoms with van der Waals surface area (Å²) in [5.41, 5.74) is 1.17. The maximum absolute atomic E-state index is 12.1. The molecule has 0 saturated carbocycles. The standard InChI is InChI=1S/C13H21N3O3/c1-13(2,3)19-12(18)15-5-4-6-16-11(8-15)10(9-17)7-14-16/h7,17H,4-6,8-9H2,1-3H3. The average molecular weight is 267 g/mol. The van der Waals surface area contributed by atoms with Gasteiger partial charge in [0.25, 0.3) is 0 Å². The van der Waals surface area contributed by atoms with Crippen LogP contribution in [0.5, 0.6) is 0 Å². The molecule has 1 N–H and O–H groups in total. The second-order valence-corrected chi connectivity index (χ2v) is 5.75. The highest BCUT2D eigenvalue weighted by Crippen LogP contribution is 2.19. The van der Waals surface area contributed by atoms with Gasteiger partial charge in [-0.05, 0) is 27.2 Å². The van der Waals surface area contributed by atoms with Gasteiger partial charge in [-0.3, -0.25) is 4.68 Å². The number of nitrogens with zero attached hydrogens (tertiary/aromatic N) is 3. The summed E-state index contributed by atoms with van der Waals surface area (Å²) in [5, 5.41) is 13.5. The Balaban J connectivity index is 2.14. The van der Waals surface area contributed by atoms with Crippen molar-refractivity contribution >= 4 is 6.09 Å². The number of hydrogen-bond donors (Lipinski definition) is 1. The van der Waals surface area contributed by atoms with E-state index in [1.54, 1.807) is 11.1 Å². The maximum atomic E-state index is 12.1. The number of ether oxygens (including phenoxy) is 1. The molecule has 0 bridgehead atoms. The van der Waals surface area contributed by atoms with Crippen molar-refractivity contribution in [2.75, 3.05) is 6.54 Å². The van der Waals surface area contributed by atoms with Crippen LogP contribution in [-0.4, -0.2) is 38.0 Å². The van der Waals surface area contributed by atoms with Crippen LogP contribution < -0.4 is 0 Å². The van der Waals surface area contributed by atoms with Crippen LogP contribution in [0.4, 0.5) is 4.79 Å². The molecule has 2 rings (SSSR count). The Morgan fingerprint density at radius 2 is 2.21 bits per heavy atom. The van der Waals surface area contributed by atoms with Crippen molar-refractivity contribution in [1.29, 1.82) is 0 Å². The predicted molar refractivity (Wildman–Crippen MR) is 69.4 cm³/mol. The van der Waals surface area contributed by atoms with Crippen LogP contribution in [0.2, 0.25) is 0 Å². The highest BCUT2D eigenvalue weighted by Gasteiger charge is 2.26. The first-order valence-corrected chi connectivity index (χ1v) is 6.53. The van der Waals surface area contributed by atoms with Gasteiger partial charge in [0.1, 0.15) is 5.60 Å². The minimum absolute atomic E-state index is 0.0580. The molecule has 0 saturated heterocycles. The van der Waals surface area contributed by atoms with Gasteiger partial charge in [0.2, 0.25) is 0 Å². The first kappa shape index (κ1) is 13.9. The summed E-state index contributed by atoms with van der Waals surface area (Å²) in [4.78, 5) is 13.8. The van der Waals surface area contributed by atoms with Gasteiger partial charge < -0.3 is 14.7 Å². The van der Waals surface area contributed by atoms with E-state index in [1.807, 2.05) is 25.5 Å². The average Bonchev–Trinajstić information content (AvgIpc) is 2.55. The third-order valence-corrected chi connectivity index (χ3v) is 3.00. The first-order valence-electron chi connectivity index (χ1n) is 6.53. The highest BCUT2D eigenvalue weighted by molar-refractivity contribution is 5.68. The molecule has 0 spiro atoms. The molecule has 6 nitrogen and oxygen atoms in total. The molecule has 1 aromatic rings. The van der Waals surface area contributed by atoms with E-state index >= 15 is 0 Å². The molecular weight excluding hydrogens is 246 g/mol. The quantitative estimate of drug-likeness (QED) is 0.837. The zero-order chi connectivity index (χ0) is 14.0. The fraction of sp³-hybridized carbons (Fsp3) is 0.692. The Morgan fingerprint density at radius 1 is 1.47 bits per heavy atom. The molecule has 0 atom stereocenters. The van der Waals surface area contributed by atoms with Crippen molar-refractivity contribution in [2.24, 2.45) is 0 Å². The molecule has 1 aromatic heterocycles. The van der Waals surface area contributed by atoms with Gasteiger partial charge in [-0.2, -0.15) is 5.10 Å². The molecule has 0 radical (unpaired) electrons. The summed E-state index contributed by atoms with van der Waals surface area (Å²) >= 11 is 0. The van der Waals surface area contributed by atoms with Crippen LogP contribution >= 0.6 is 0 Å². The van der Waals surface area contributed by atoms with Crippen molar-refractivity contribution in [1.82, 2.24) is 14.7 Å². The van der Waals surface area contributed by atoms with E-state index in [2.05, 4.69) is 5.10 Å². The second kappa shape index (κ2) is 5.21. The van der Waals surface area contributed by atoms with Gasteiger partial charge in [0.15, 0.2) is 0 Å². The largest absolute Gasteiger partial charge is 0.444 e. The van der Waals surface area contributed by atoms with Gasteiger partial charge in [-0.15, -0.1) is 0 Å². The van der Waals surface area contributed by atoms with Crippen LogP contribution in [-0.2, 0) is 24.4 Å². The number of fused-ring (bicyclic) bond motifs is 1. The Kier molecular flexibility index (Phi) is 3.80. The Bertz CT molecular complexity index is 462. The van der Waals surface area contributed by atoms with E-state index in [1.165, 1.54) is 0 Å². The number of aryl methyl sites for hydroxylation is 1. The van der Waals surface area contributed by atoms with E-state index in [9.17, 15) is 9.90 Å². The van der Waals surface area contributed by atoms with E-state index < -0.39 is 5.60 Å². The van der Waals surface area contributed by atoms with Crippen molar-refractivity contribution in [3.63, 3.8) is 0 Å². The topological polar surface area (TPSA) is 67.6 Å². The van der Waals surface area contributed by atoms with Gasteiger partial charge in [-0.1, -0.05) is 0 Å². The lowest BCUT2D eigenvalue weighted by atomic mass is 10.2. The van der Waals surface area contributed by atoms with Crippen molar-refractivity contribution < 1.29 is 14.6 Å². The van der Waals surface area contributed by atoms with Crippen LogP contribution in [0.15, 0.2) is 6.20 Å². The molecule has 0 aromatic carbocycles. The number of aromatic nitrogens is 2. The highest BCUT2D eigenvalue weighted by atomic mass is 16.6. The number of hydrogen-bond acceptors (Lipinski definition) is 4. The molecule has 1 aliphatic rings. The number of amides is 1. The summed E-state index contributed by atoms with van der Waals surface area (Å²) < 4.78 is 7.25. The van der Waals surface area contributed by atoms with Gasteiger partial charge in [0, 0.05) is 18.7 Å². The Labute approximate surface area is 113 Å². The van der Waals surface area contributed by atoms with Crippen molar-refractivity contribution in [3.8, 4) is 0 Å². The van der Waals surface area contributed by atoms with Crippen molar-refractivity contribution in [3.05, 3.63) is 17.5 Å². The molecule has 1 aliphatic heterocycles. The molecular formula is C13H21N3O3. The molecule has 106 valence electrons. The van der Waals surface area contributed by atoms with E-state index in [4.69, 9.17) is 4.74 Å². The van der Waals surface area contributed by atoms with Crippen LogP contribution in [0, 0.1) is 0 Å². The maximum Gasteiger partial charge on any atom is 0.410 e. The second-order valence-electron chi connectivity index (χ2n) is 5.75. The smallest absolute Gasteiger partial charge is 0.410 e. The third kappa shape index (κ3) is 3.26. The molecule has 2 heterocycles. The summed E-state index contributed by atoms with van der Waals surface area (Å²) in [5.74, 6) is 0. The molecule has 0 unspecified atom stereocenters. The van der Waals surface area contributed by atoms with E-state index in [-0.39, 0.29) is 12.7 Å². The van der Waals surface area contributed by atoms with Gasteiger partial charge in [0.05, 0.1) is 25.0 Å². The molecule has 0 aliphatic carbocycles. The fourth-order valence-electron chi connectivity index (χ4n) is 2.11. The lowest BCUT2D eigenvalue weighted by Gasteiger charge is -2.26. The van der Waals surface area contributed by atoms with Crippen molar-refractivity contribution in [2.45, 2.75) is 52.5 Å². The Hall–Kier alpha value is -1.56. The van der Waals surface area contributed by atoms with Crippen LogP contribution in [0.3, 0.4) is 0 Å².